The zero-order chi connectivity index (χ0) is 24.1. The van der Waals surface area contributed by atoms with Crippen molar-refractivity contribution in [1.29, 1.82) is 0 Å². The summed E-state index contributed by atoms with van der Waals surface area (Å²) in [6.07, 6.45) is 3.36. The van der Waals surface area contributed by atoms with Crippen molar-refractivity contribution < 1.29 is 19.0 Å². The summed E-state index contributed by atoms with van der Waals surface area (Å²) in [7, 11) is 3.18. The Hall–Kier alpha value is -2.65. The summed E-state index contributed by atoms with van der Waals surface area (Å²) in [5.41, 5.74) is 2.70. The molecule has 0 atom stereocenters. The van der Waals surface area contributed by atoms with E-state index < -0.39 is 0 Å². The molecular weight excluding hydrogens is 474 g/mol. The van der Waals surface area contributed by atoms with Crippen LogP contribution in [0.3, 0.4) is 0 Å². The summed E-state index contributed by atoms with van der Waals surface area (Å²) >= 11 is 7.73. The first-order chi connectivity index (χ1) is 16.5. The van der Waals surface area contributed by atoms with E-state index in [1.54, 1.807) is 31.3 Å². The Morgan fingerprint density at radius 3 is 2.71 bits per heavy atom. The van der Waals surface area contributed by atoms with Gasteiger partial charge in [0.25, 0.3) is 5.91 Å². The van der Waals surface area contributed by atoms with Crippen LogP contribution >= 0.6 is 22.9 Å². The SMILES string of the molecule is COc1ccc(C=CC(=O)N(CCN2CCOCC2)c2nc3c(C)cc(Cl)cc3s2)cc1OC. The van der Waals surface area contributed by atoms with Crippen molar-refractivity contribution in [1.82, 2.24) is 9.88 Å². The van der Waals surface area contributed by atoms with Crippen LogP contribution in [0.2, 0.25) is 5.02 Å². The van der Waals surface area contributed by atoms with Crippen molar-refractivity contribution in [2.75, 3.05) is 58.5 Å². The van der Waals surface area contributed by atoms with Gasteiger partial charge in [-0.3, -0.25) is 14.6 Å². The molecular formula is C25H28ClN3O4S. The highest BCUT2D eigenvalue weighted by atomic mass is 35.5. The molecule has 0 saturated carbocycles. The van der Waals surface area contributed by atoms with Gasteiger partial charge in [-0.25, -0.2) is 4.98 Å². The maximum absolute atomic E-state index is 13.4. The number of morpholine rings is 1. The van der Waals surface area contributed by atoms with Gasteiger partial charge in [-0.15, -0.1) is 0 Å². The van der Waals surface area contributed by atoms with E-state index in [1.807, 2.05) is 37.3 Å². The van der Waals surface area contributed by atoms with E-state index in [0.717, 1.165) is 41.0 Å². The minimum atomic E-state index is -0.133. The molecule has 0 bridgehead atoms. The Kier molecular flexibility index (Phi) is 8.05. The molecule has 0 radical (unpaired) electrons. The summed E-state index contributed by atoms with van der Waals surface area (Å²) in [5, 5.41) is 1.33. The molecule has 0 aliphatic carbocycles. The predicted octanol–water partition coefficient (Wildman–Crippen LogP) is 4.65. The van der Waals surface area contributed by atoms with Crippen molar-refractivity contribution in [3.8, 4) is 11.5 Å². The number of carbonyl (C=O) groups is 1. The fourth-order valence-electron chi connectivity index (χ4n) is 3.84. The van der Waals surface area contributed by atoms with Crippen molar-refractivity contribution in [3.05, 3.63) is 52.6 Å². The quantitative estimate of drug-likeness (QED) is 0.418. The number of hydrogen-bond acceptors (Lipinski definition) is 7. The minimum absolute atomic E-state index is 0.133. The van der Waals surface area contributed by atoms with Crippen molar-refractivity contribution >= 4 is 50.3 Å². The first-order valence-corrected chi connectivity index (χ1v) is 12.3. The highest BCUT2D eigenvalue weighted by molar-refractivity contribution is 7.22. The molecule has 2 heterocycles. The number of aryl methyl sites for hydroxylation is 1. The second kappa shape index (κ2) is 11.2. The molecule has 0 N–H and O–H groups in total. The van der Waals surface area contributed by atoms with Crippen LogP contribution in [0.5, 0.6) is 11.5 Å². The highest BCUT2D eigenvalue weighted by Gasteiger charge is 2.21. The summed E-state index contributed by atoms with van der Waals surface area (Å²) in [6, 6.07) is 9.33. The van der Waals surface area contributed by atoms with Crippen molar-refractivity contribution in [3.63, 3.8) is 0 Å². The molecule has 1 aliphatic rings. The van der Waals surface area contributed by atoms with Crippen LogP contribution in [0.15, 0.2) is 36.4 Å². The maximum atomic E-state index is 13.4. The number of rotatable bonds is 8. The lowest BCUT2D eigenvalue weighted by Crippen LogP contribution is -2.42. The third-order valence-corrected chi connectivity index (χ3v) is 6.95. The van der Waals surface area contributed by atoms with Gasteiger partial charge in [0.2, 0.25) is 0 Å². The van der Waals surface area contributed by atoms with Crippen LogP contribution in [-0.2, 0) is 9.53 Å². The van der Waals surface area contributed by atoms with E-state index in [1.165, 1.54) is 11.3 Å². The lowest BCUT2D eigenvalue weighted by molar-refractivity contribution is -0.114. The monoisotopic (exact) mass is 501 g/mol. The number of ether oxygens (including phenoxy) is 3. The molecule has 7 nitrogen and oxygen atoms in total. The molecule has 1 fully saturated rings. The van der Waals surface area contributed by atoms with Gasteiger partial charge in [0.15, 0.2) is 16.6 Å². The Morgan fingerprint density at radius 1 is 1.21 bits per heavy atom. The second-order valence-electron chi connectivity index (χ2n) is 7.96. The third kappa shape index (κ3) is 5.70. The van der Waals surface area contributed by atoms with Crippen molar-refractivity contribution in [2.45, 2.75) is 6.92 Å². The first-order valence-electron chi connectivity index (χ1n) is 11.1. The van der Waals surface area contributed by atoms with E-state index in [4.69, 9.17) is 30.8 Å². The molecule has 1 aliphatic heterocycles. The number of halogens is 1. The number of fused-ring (bicyclic) bond motifs is 1. The van der Waals surface area contributed by atoms with E-state index in [2.05, 4.69) is 4.90 Å². The largest absolute Gasteiger partial charge is 0.493 e. The molecule has 1 saturated heterocycles. The number of thiazole rings is 1. The molecule has 34 heavy (non-hydrogen) atoms. The first kappa shape index (κ1) is 24.5. The van der Waals surface area contributed by atoms with Crippen LogP contribution in [0.25, 0.3) is 16.3 Å². The third-order valence-electron chi connectivity index (χ3n) is 5.71. The van der Waals surface area contributed by atoms with Gasteiger partial charge in [0, 0.05) is 37.3 Å². The van der Waals surface area contributed by atoms with Gasteiger partial charge in [-0.1, -0.05) is 29.0 Å². The number of anilines is 1. The molecule has 3 aromatic rings. The van der Waals surface area contributed by atoms with Crippen LogP contribution in [0.1, 0.15) is 11.1 Å². The zero-order valence-electron chi connectivity index (χ0n) is 19.5. The molecule has 9 heteroatoms. The average molecular weight is 502 g/mol. The molecule has 0 unspecified atom stereocenters. The van der Waals surface area contributed by atoms with E-state index >= 15 is 0 Å². The van der Waals surface area contributed by atoms with E-state index in [9.17, 15) is 4.79 Å². The molecule has 180 valence electrons. The number of aromatic nitrogens is 1. The summed E-state index contributed by atoms with van der Waals surface area (Å²) in [6.45, 7) is 6.40. The molecule has 0 spiro atoms. The molecule has 1 aromatic heterocycles. The van der Waals surface area contributed by atoms with Crippen LogP contribution in [-0.4, -0.2) is 69.4 Å². The van der Waals surface area contributed by atoms with Gasteiger partial charge in [-0.05, 0) is 48.4 Å². The van der Waals surface area contributed by atoms with Gasteiger partial charge in [0.05, 0.1) is 37.6 Å². The lowest BCUT2D eigenvalue weighted by Gasteiger charge is -2.28. The average Bonchev–Trinajstić information content (AvgIpc) is 3.27. The highest BCUT2D eigenvalue weighted by Crippen LogP contribution is 2.33. The van der Waals surface area contributed by atoms with E-state index in [-0.39, 0.29) is 5.91 Å². The summed E-state index contributed by atoms with van der Waals surface area (Å²) < 4.78 is 17.1. The number of benzene rings is 2. The summed E-state index contributed by atoms with van der Waals surface area (Å²) in [5.74, 6) is 1.12. The Balaban J connectivity index is 1.60. The van der Waals surface area contributed by atoms with Crippen LogP contribution < -0.4 is 14.4 Å². The normalized spacial score (nSPS) is 14.6. The lowest BCUT2D eigenvalue weighted by atomic mass is 10.2. The number of nitrogens with zero attached hydrogens (tertiary/aromatic N) is 3. The van der Waals surface area contributed by atoms with Gasteiger partial charge < -0.3 is 14.2 Å². The van der Waals surface area contributed by atoms with Crippen LogP contribution in [0.4, 0.5) is 5.13 Å². The van der Waals surface area contributed by atoms with Gasteiger partial charge in [-0.2, -0.15) is 0 Å². The number of hydrogen-bond donors (Lipinski definition) is 0. The number of carbonyl (C=O) groups excluding carboxylic acids is 1. The Bertz CT molecular complexity index is 1190. The fraction of sp³-hybridized carbons (Fsp3) is 0.360. The van der Waals surface area contributed by atoms with Gasteiger partial charge in [0.1, 0.15) is 0 Å². The second-order valence-corrected chi connectivity index (χ2v) is 9.40. The Labute approximate surface area is 208 Å². The smallest absolute Gasteiger partial charge is 0.252 e. The van der Waals surface area contributed by atoms with Crippen molar-refractivity contribution in [2.24, 2.45) is 0 Å². The topological polar surface area (TPSA) is 64.1 Å². The number of amides is 1. The summed E-state index contributed by atoms with van der Waals surface area (Å²) in [4.78, 5) is 22.2. The zero-order valence-corrected chi connectivity index (χ0v) is 21.1. The number of methoxy groups -OCH3 is 2. The van der Waals surface area contributed by atoms with Crippen LogP contribution in [0, 0.1) is 6.92 Å². The molecule has 1 amide bonds. The van der Waals surface area contributed by atoms with E-state index in [0.29, 0.717) is 41.4 Å². The Morgan fingerprint density at radius 2 is 1.97 bits per heavy atom. The maximum Gasteiger partial charge on any atom is 0.252 e. The predicted molar refractivity (Wildman–Crippen MR) is 138 cm³/mol. The molecule has 4 rings (SSSR count). The van der Waals surface area contributed by atoms with Gasteiger partial charge >= 0.3 is 0 Å². The standard InChI is InChI=1S/C25H28ClN3O4S/c1-17-14-19(26)16-22-24(17)27-25(34-22)29(9-8-28-10-12-33-13-11-28)23(30)7-5-18-4-6-20(31-2)21(15-18)32-3/h4-7,14-16H,8-13H2,1-3H3. The minimum Gasteiger partial charge on any atom is -0.493 e. The fourth-order valence-corrected chi connectivity index (χ4v) is 5.29. The molecule has 2 aromatic carbocycles.